The van der Waals surface area contributed by atoms with Gasteiger partial charge in [0.2, 0.25) is 12.3 Å². The molecule has 164 valence electrons. The Labute approximate surface area is 177 Å². The van der Waals surface area contributed by atoms with E-state index in [0.29, 0.717) is 23.9 Å². The van der Waals surface area contributed by atoms with Crippen LogP contribution in [0.25, 0.3) is 0 Å². The Bertz CT molecular complexity index is 651. The Balaban J connectivity index is 1.60. The van der Waals surface area contributed by atoms with Crippen LogP contribution < -0.4 is 0 Å². The molecule has 29 heavy (non-hydrogen) atoms. The lowest BCUT2D eigenvalue weighted by molar-refractivity contribution is -0.168. The van der Waals surface area contributed by atoms with Gasteiger partial charge in [0.15, 0.2) is 0 Å². The Hall–Kier alpha value is -1.06. The highest BCUT2D eigenvalue weighted by atomic mass is 16.2. The predicted octanol–water partition coefficient (Wildman–Crippen LogP) is 4.72. The molecule has 1 aliphatic heterocycles. The Morgan fingerprint density at radius 3 is 2.55 bits per heavy atom. The van der Waals surface area contributed by atoms with Crippen molar-refractivity contribution in [1.82, 2.24) is 9.80 Å². The van der Waals surface area contributed by atoms with Crippen molar-refractivity contribution in [2.24, 2.45) is 34.5 Å². The molecule has 3 saturated carbocycles. The molecule has 0 aromatic heterocycles. The number of amides is 2. The van der Waals surface area contributed by atoms with Crippen LogP contribution in [0.2, 0.25) is 0 Å². The van der Waals surface area contributed by atoms with E-state index in [4.69, 9.17) is 0 Å². The van der Waals surface area contributed by atoms with Crippen LogP contribution in [-0.2, 0) is 9.59 Å². The average molecular weight is 403 g/mol. The summed E-state index contributed by atoms with van der Waals surface area (Å²) in [5, 5.41) is 0. The van der Waals surface area contributed by atoms with Crippen molar-refractivity contribution < 1.29 is 9.59 Å². The van der Waals surface area contributed by atoms with Gasteiger partial charge in [-0.15, -0.1) is 0 Å². The fourth-order valence-corrected chi connectivity index (χ4v) is 8.87. The van der Waals surface area contributed by atoms with Crippen LogP contribution in [0.1, 0.15) is 85.5 Å². The molecule has 0 spiro atoms. The van der Waals surface area contributed by atoms with Gasteiger partial charge in [0.05, 0.1) is 0 Å². The molecule has 0 radical (unpaired) electrons. The van der Waals surface area contributed by atoms with E-state index in [1.807, 2.05) is 0 Å². The zero-order valence-electron chi connectivity index (χ0n) is 19.3. The van der Waals surface area contributed by atoms with Crippen LogP contribution in [-0.4, -0.2) is 47.8 Å². The molecule has 1 saturated heterocycles. The highest BCUT2D eigenvalue weighted by molar-refractivity contribution is 5.77. The molecule has 8 atom stereocenters. The van der Waals surface area contributed by atoms with Crippen molar-refractivity contribution in [3.05, 3.63) is 0 Å². The van der Waals surface area contributed by atoms with Gasteiger partial charge in [0.25, 0.3) is 0 Å². The normalized spacial score (nSPS) is 46.7. The summed E-state index contributed by atoms with van der Waals surface area (Å²) in [4.78, 5) is 28.7. The van der Waals surface area contributed by atoms with Gasteiger partial charge in [-0.1, -0.05) is 34.1 Å². The van der Waals surface area contributed by atoms with E-state index in [9.17, 15) is 9.59 Å². The fourth-order valence-electron chi connectivity index (χ4n) is 8.87. The fraction of sp³-hybridized carbons (Fsp3) is 0.920. The standard InChI is InChI=1S/C25H42N2O2/c1-6-7-14-27(16-28)21-9-8-19-18-15-17(2)23-25(4,13-11-22(29)26(23)5)20(18)10-12-24(19,21)3/h16-21,23H,6-15H2,1-5H3/t17?,18-,19-,20+,21?,23?,24-,25+/m0/s1. The van der Waals surface area contributed by atoms with Crippen LogP contribution in [0, 0.1) is 34.5 Å². The molecule has 0 bridgehead atoms. The largest absolute Gasteiger partial charge is 0.342 e. The van der Waals surface area contributed by atoms with Crippen LogP contribution >= 0.6 is 0 Å². The van der Waals surface area contributed by atoms with Crippen molar-refractivity contribution in [3.63, 3.8) is 0 Å². The molecule has 4 heteroatoms. The number of unbranched alkanes of at least 4 members (excludes halogenated alkanes) is 1. The van der Waals surface area contributed by atoms with Gasteiger partial charge in [-0.2, -0.15) is 0 Å². The van der Waals surface area contributed by atoms with E-state index in [1.165, 1.54) is 32.1 Å². The summed E-state index contributed by atoms with van der Waals surface area (Å²) in [5.41, 5.74) is 0.534. The molecule has 3 unspecified atom stereocenters. The van der Waals surface area contributed by atoms with E-state index >= 15 is 0 Å². The van der Waals surface area contributed by atoms with Crippen molar-refractivity contribution in [3.8, 4) is 0 Å². The maximum atomic E-state index is 12.5. The SMILES string of the molecule is CCCCN(C=O)C1CC[C@H]2[C@@H]3CC(C)C4N(C)C(=O)CC[C@]4(C)[C@@H]3CC[C@]12C. The molecule has 3 aliphatic carbocycles. The Kier molecular flexibility index (Phi) is 5.53. The summed E-state index contributed by atoms with van der Waals surface area (Å²) >= 11 is 0. The second-order valence-electron chi connectivity index (χ2n) is 11.4. The highest BCUT2D eigenvalue weighted by Gasteiger charge is 2.63. The lowest BCUT2D eigenvalue weighted by Gasteiger charge is -2.63. The van der Waals surface area contributed by atoms with Crippen LogP contribution in [0.4, 0.5) is 0 Å². The number of nitrogens with zero attached hydrogens (tertiary/aromatic N) is 2. The zero-order chi connectivity index (χ0) is 21.0. The molecule has 0 aromatic rings. The predicted molar refractivity (Wildman–Crippen MR) is 116 cm³/mol. The number of piperidine rings is 1. The third-order valence-electron chi connectivity index (χ3n) is 10.1. The van der Waals surface area contributed by atoms with E-state index in [0.717, 1.165) is 56.4 Å². The van der Waals surface area contributed by atoms with Crippen LogP contribution in [0.3, 0.4) is 0 Å². The van der Waals surface area contributed by atoms with Gasteiger partial charge in [0, 0.05) is 32.1 Å². The summed E-state index contributed by atoms with van der Waals surface area (Å²) < 4.78 is 0. The number of carbonyl (C=O) groups is 2. The zero-order valence-corrected chi connectivity index (χ0v) is 19.3. The van der Waals surface area contributed by atoms with Crippen molar-refractivity contribution in [2.75, 3.05) is 13.6 Å². The Morgan fingerprint density at radius 2 is 1.86 bits per heavy atom. The first-order valence-electron chi connectivity index (χ1n) is 12.2. The topological polar surface area (TPSA) is 40.6 Å². The molecule has 0 aromatic carbocycles. The molecule has 1 heterocycles. The van der Waals surface area contributed by atoms with Crippen molar-refractivity contribution in [1.29, 1.82) is 0 Å². The third kappa shape index (κ3) is 3.07. The van der Waals surface area contributed by atoms with Crippen molar-refractivity contribution in [2.45, 2.75) is 97.6 Å². The molecular weight excluding hydrogens is 360 g/mol. The second-order valence-corrected chi connectivity index (χ2v) is 11.4. The van der Waals surface area contributed by atoms with Gasteiger partial charge >= 0.3 is 0 Å². The van der Waals surface area contributed by atoms with Gasteiger partial charge in [-0.05, 0) is 79.4 Å². The van der Waals surface area contributed by atoms with E-state index < -0.39 is 0 Å². The van der Waals surface area contributed by atoms with E-state index in [1.54, 1.807) is 0 Å². The molecule has 4 nitrogen and oxygen atoms in total. The second kappa shape index (κ2) is 7.57. The molecular formula is C25H42N2O2. The molecule has 4 rings (SSSR count). The maximum Gasteiger partial charge on any atom is 0.222 e. The van der Waals surface area contributed by atoms with E-state index in [-0.39, 0.29) is 10.8 Å². The van der Waals surface area contributed by atoms with Gasteiger partial charge in [-0.25, -0.2) is 0 Å². The number of likely N-dealkylation sites (tertiary alicyclic amines) is 1. The van der Waals surface area contributed by atoms with Gasteiger partial charge in [0.1, 0.15) is 0 Å². The third-order valence-corrected chi connectivity index (χ3v) is 10.1. The first-order chi connectivity index (χ1) is 13.8. The van der Waals surface area contributed by atoms with Crippen molar-refractivity contribution >= 4 is 12.3 Å². The van der Waals surface area contributed by atoms with Gasteiger partial charge in [-0.3, -0.25) is 9.59 Å². The summed E-state index contributed by atoms with van der Waals surface area (Å²) in [6.45, 7) is 10.5. The lowest BCUT2D eigenvalue weighted by Crippen LogP contribution is -2.64. The Morgan fingerprint density at radius 1 is 1.14 bits per heavy atom. The number of rotatable bonds is 5. The quantitative estimate of drug-likeness (QED) is 0.624. The van der Waals surface area contributed by atoms with E-state index in [2.05, 4.69) is 44.5 Å². The summed E-state index contributed by atoms with van der Waals surface area (Å²) in [6, 6.07) is 0.830. The maximum absolute atomic E-state index is 12.5. The summed E-state index contributed by atoms with van der Waals surface area (Å²) in [5.74, 6) is 3.14. The summed E-state index contributed by atoms with van der Waals surface area (Å²) in [6.07, 6.45) is 11.4. The lowest BCUT2D eigenvalue weighted by atomic mass is 9.45. The minimum Gasteiger partial charge on any atom is -0.342 e. The number of fused-ring (bicyclic) bond motifs is 5. The highest BCUT2D eigenvalue weighted by Crippen LogP contribution is 2.66. The number of carbonyl (C=O) groups excluding carboxylic acids is 2. The first-order valence-corrected chi connectivity index (χ1v) is 12.2. The minimum atomic E-state index is 0.261. The molecule has 4 fully saturated rings. The average Bonchev–Trinajstić information content (AvgIpc) is 3.03. The minimum absolute atomic E-state index is 0.261. The summed E-state index contributed by atoms with van der Waals surface area (Å²) in [7, 11) is 2.05. The van der Waals surface area contributed by atoms with Gasteiger partial charge < -0.3 is 9.80 Å². The molecule has 0 N–H and O–H groups in total. The van der Waals surface area contributed by atoms with Crippen LogP contribution in [0.15, 0.2) is 0 Å². The molecule has 2 amide bonds. The van der Waals surface area contributed by atoms with Crippen LogP contribution in [0.5, 0.6) is 0 Å². The smallest absolute Gasteiger partial charge is 0.222 e. The number of hydrogen-bond acceptors (Lipinski definition) is 2. The number of hydrogen-bond donors (Lipinski definition) is 0. The first kappa shape index (κ1) is 21.2. The monoisotopic (exact) mass is 402 g/mol. The molecule has 4 aliphatic rings.